The molecule has 0 aliphatic heterocycles. The van der Waals surface area contributed by atoms with Crippen molar-refractivity contribution in [3.05, 3.63) is 0 Å². The Balaban J connectivity index is 2.42. The Morgan fingerprint density at radius 1 is 0.875 bits per heavy atom. The molecular weight excluding hydrogens is 217 g/mol. The third-order valence-corrected chi connectivity index (χ3v) is 3.29. The molecule has 1 aliphatic carbocycles. The van der Waals surface area contributed by atoms with Gasteiger partial charge in [0.05, 0.1) is 0 Å². The van der Waals surface area contributed by atoms with Gasteiger partial charge < -0.3 is 17.2 Å². The highest BCUT2D eigenvalue weighted by molar-refractivity contribution is 14.1. The van der Waals surface area contributed by atoms with Crippen LogP contribution in [0.4, 0.5) is 0 Å². The van der Waals surface area contributed by atoms with Gasteiger partial charge in [-0.05, 0) is 0 Å². The Bertz CT molecular complexity index is 65.3. The van der Waals surface area contributed by atoms with E-state index in [9.17, 15) is 0 Å². The third kappa shape index (κ3) is 0.754. The van der Waals surface area contributed by atoms with E-state index in [1.807, 2.05) is 0 Å². The second-order valence-corrected chi connectivity index (χ2v) is 3.61. The summed E-state index contributed by atoms with van der Waals surface area (Å²) in [6, 6.07) is 0.257. The average molecular weight is 227 g/mol. The molecule has 0 spiro atoms. The highest BCUT2D eigenvalue weighted by Gasteiger charge is 2.42. The minimum atomic E-state index is 0.0249. The Morgan fingerprint density at radius 2 is 1.25 bits per heavy atom. The molecule has 0 aromatic rings. The topological polar surface area (TPSA) is 78.1 Å². The van der Waals surface area contributed by atoms with E-state index in [1.54, 1.807) is 0 Å². The molecule has 1 aliphatic rings. The smallest absolute Gasteiger partial charge is 0.0443 e. The lowest BCUT2D eigenvalue weighted by Gasteiger charge is -2.42. The first-order chi connectivity index (χ1) is 3.64. The molecule has 0 bridgehead atoms. The molecular formula is C4H10IN3. The third-order valence-electron chi connectivity index (χ3n) is 1.62. The van der Waals surface area contributed by atoms with E-state index in [1.165, 1.54) is 0 Å². The predicted molar refractivity (Wildman–Crippen MR) is 41.7 cm³/mol. The lowest BCUT2D eigenvalue weighted by molar-refractivity contribution is 0.315. The van der Waals surface area contributed by atoms with Gasteiger partial charge in [-0.15, -0.1) is 0 Å². The molecule has 1 fully saturated rings. The quantitative estimate of drug-likeness (QED) is 0.358. The lowest BCUT2D eigenvalue weighted by Crippen LogP contribution is -2.72. The van der Waals surface area contributed by atoms with Crippen molar-refractivity contribution in [3.8, 4) is 0 Å². The highest BCUT2D eigenvalue weighted by atomic mass is 127. The molecule has 0 amide bonds. The standard InChI is InChI=1S/C4H10IN3/c5-1-2(6)4(8)3(1)7/h1-4H,6-8H2. The van der Waals surface area contributed by atoms with Crippen molar-refractivity contribution in [2.45, 2.75) is 22.1 Å². The number of halogens is 1. The fourth-order valence-electron chi connectivity index (χ4n) is 0.792. The van der Waals surface area contributed by atoms with Gasteiger partial charge in [0, 0.05) is 22.1 Å². The molecule has 4 heteroatoms. The minimum Gasteiger partial charge on any atom is -0.325 e. The Hall–Kier alpha value is 0.610. The fourth-order valence-corrected chi connectivity index (χ4v) is 1.75. The lowest BCUT2D eigenvalue weighted by atomic mass is 9.83. The van der Waals surface area contributed by atoms with Crippen molar-refractivity contribution < 1.29 is 0 Å². The number of nitrogens with two attached hydrogens (primary N) is 3. The van der Waals surface area contributed by atoms with E-state index in [0.717, 1.165) is 0 Å². The second kappa shape index (κ2) is 2.09. The van der Waals surface area contributed by atoms with Crippen LogP contribution in [0, 0.1) is 0 Å². The van der Waals surface area contributed by atoms with Gasteiger partial charge in [0.2, 0.25) is 0 Å². The molecule has 1 rings (SSSR count). The molecule has 0 aromatic heterocycles. The largest absolute Gasteiger partial charge is 0.325 e. The van der Waals surface area contributed by atoms with Crippen molar-refractivity contribution in [1.82, 2.24) is 0 Å². The van der Waals surface area contributed by atoms with E-state index in [4.69, 9.17) is 17.2 Å². The maximum absolute atomic E-state index is 5.54. The second-order valence-electron chi connectivity index (χ2n) is 2.18. The SMILES string of the molecule is NC1C(N)C(I)C1N. The van der Waals surface area contributed by atoms with Gasteiger partial charge in [-0.2, -0.15) is 0 Å². The van der Waals surface area contributed by atoms with Gasteiger partial charge >= 0.3 is 0 Å². The first-order valence-electron chi connectivity index (χ1n) is 2.55. The van der Waals surface area contributed by atoms with E-state index >= 15 is 0 Å². The molecule has 6 N–H and O–H groups in total. The molecule has 48 valence electrons. The summed E-state index contributed by atoms with van der Waals surface area (Å²) in [7, 11) is 0. The summed E-state index contributed by atoms with van der Waals surface area (Å²) in [5.41, 5.74) is 16.6. The zero-order valence-corrected chi connectivity index (χ0v) is 6.58. The molecule has 0 radical (unpaired) electrons. The first-order valence-corrected chi connectivity index (χ1v) is 3.80. The van der Waals surface area contributed by atoms with Crippen molar-refractivity contribution >= 4 is 22.6 Å². The molecule has 0 heterocycles. The van der Waals surface area contributed by atoms with E-state index < -0.39 is 0 Å². The van der Waals surface area contributed by atoms with Crippen LogP contribution in [-0.4, -0.2) is 22.1 Å². The molecule has 2 atom stereocenters. The molecule has 8 heavy (non-hydrogen) atoms. The zero-order valence-electron chi connectivity index (χ0n) is 4.42. The Morgan fingerprint density at radius 3 is 1.38 bits per heavy atom. The fraction of sp³-hybridized carbons (Fsp3) is 1.00. The minimum absolute atomic E-state index is 0.0249. The predicted octanol–water partition coefficient (Wildman–Crippen LogP) is -1.21. The first kappa shape index (κ1) is 6.73. The summed E-state index contributed by atoms with van der Waals surface area (Å²) in [6.45, 7) is 0. The Kier molecular flexibility index (Phi) is 1.76. The van der Waals surface area contributed by atoms with Crippen LogP contribution in [0.3, 0.4) is 0 Å². The van der Waals surface area contributed by atoms with Gasteiger partial charge in [-0.3, -0.25) is 0 Å². The summed E-state index contributed by atoms with van der Waals surface area (Å²) in [5.74, 6) is 0. The maximum Gasteiger partial charge on any atom is 0.0443 e. The molecule has 0 saturated heterocycles. The van der Waals surface area contributed by atoms with Gasteiger partial charge in [0.1, 0.15) is 0 Å². The van der Waals surface area contributed by atoms with Crippen molar-refractivity contribution in [1.29, 1.82) is 0 Å². The number of hydrogen-bond acceptors (Lipinski definition) is 3. The van der Waals surface area contributed by atoms with Crippen LogP contribution in [0.1, 0.15) is 0 Å². The maximum atomic E-state index is 5.54. The van der Waals surface area contributed by atoms with Gasteiger partial charge in [0.25, 0.3) is 0 Å². The van der Waals surface area contributed by atoms with E-state index in [-0.39, 0.29) is 18.1 Å². The molecule has 3 nitrogen and oxygen atoms in total. The number of rotatable bonds is 0. The Labute approximate surface area is 62.1 Å². The van der Waals surface area contributed by atoms with Crippen LogP contribution in [0.5, 0.6) is 0 Å². The summed E-state index contributed by atoms with van der Waals surface area (Å²) in [5, 5.41) is 0. The van der Waals surface area contributed by atoms with E-state index in [2.05, 4.69) is 22.6 Å². The highest BCUT2D eigenvalue weighted by Crippen LogP contribution is 2.23. The van der Waals surface area contributed by atoms with Crippen LogP contribution in [0.15, 0.2) is 0 Å². The monoisotopic (exact) mass is 227 g/mol. The van der Waals surface area contributed by atoms with Gasteiger partial charge in [0.15, 0.2) is 0 Å². The van der Waals surface area contributed by atoms with Gasteiger partial charge in [-0.1, -0.05) is 22.6 Å². The van der Waals surface area contributed by atoms with Crippen LogP contribution in [0.2, 0.25) is 0 Å². The normalized spacial score (nSPS) is 55.5. The summed E-state index contributed by atoms with van der Waals surface area (Å²) < 4.78 is 0.377. The zero-order chi connectivity index (χ0) is 6.31. The van der Waals surface area contributed by atoms with Crippen LogP contribution in [-0.2, 0) is 0 Å². The van der Waals surface area contributed by atoms with Crippen LogP contribution < -0.4 is 17.2 Å². The number of hydrogen-bond donors (Lipinski definition) is 3. The van der Waals surface area contributed by atoms with Crippen molar-refractivity contribution in [3.63, 3.8) is 0 Å². The van der Waals surface area contributed by atoms with Gasteiger partial charge in [-0.25, -0.2) is 0 Å². The molecule has 1 saturated carbocycles. The summed E-state index contributed by atoms with van der Waals surface area (Å²) in [6.07, 6.45) is 0. The molecule has 2 unspecified atom stereocenters. The van der Waals surface area contributed by atoms with Crippen LogP contribution in [0.25, 0.3) is 0 Å². The van der Waals surface area contributed by atoms with E-state index in [0.29, 0.717) is 3.92 Å². The summed E-state index contributed by atoms with van der Waals surface area (Å²) in [4.78, 5) is 0. The van der Waals surface area contributed by atoms with Crippen molar-refractivity contribution in [2.24, 2.45) is 17.2 Å². The van der Waals surface area contributed by atoms with Crippen LogP contribution >= 0.6 is 22.6 Å². The average Bonchev–Trinajstić information content (AvgIpc) is 1.83. The number of alkyl halides is 1. The van der Waals surface area contributed by atoms with Crippen molar-refractivity contribution in [2.75, 3.05) is 0 Å². The molecule has 0 aromatic carbocycles. The summed E-state index contributed by atoms with van der Waals surface area (Å²) >= 11 is 2.23.